The van der Waals surface area contributed by atoms with Gasteiger partial charge in [0.15, 0.2) is 0 Å². The van der Waals surface area contributed by atoms with Crippen molar-refractivity contribution in [1.82, 2.24) is 0 Å². The third kappa shape index (κ3) is 8.24. The van der Waals surface area contributed by atoms with Gasteiger partial charge in [0.05, 0.1) is 6.10 Å². The van der Waals surface area contributed by atoms with Crippen LogP contribution in [0.3, 0.4) is 0 Å². The zero-order valence-electron chi connectivity index (χ0n) is 20.8. The first kappa shape index (κ1) is 27.6. The second kappa shape index (κ2) is 14.6. The third-order valence-corrected chi connectivity index (χ3v) is 11.4. The van der Waals surface area contributed by atoms with Gasteiger partial charge in [0, 0.05) is 5.33 Å². The summed E-state index contributed by atoms with van der Waals surface area (Å²) in [6.07, 6.45) is 19.1. The van der Waals surface area contributed by atoms with Crippen LogP contribution in [0.15, 0.2) is 97.1 Å². The van der Waals surface area contributed by atoms with E-state index in [2.05, 4.69) is 141 Å². The third-order valence-electron chi connectivity index (χ3n) is 5.92. The van der Waals surface area contributed by atoms with Crippen molar-refractivity contribution in [1.29, 1.82) is 0 Å². The highest BCUT2D eigenvalue weighted by atomic mass is 79.9. The monoisotopic (exact) mass is 524 g/mol. The largest absolute Gasteiger partial charge is 0.401 e. The molecule has 0 saturated heterocycles. The molecule has 1 nitrogen and oxygen atoms in total. The van der Waals surface area contributed by atoms with E-state index in [1.54, 1.807) is 0 Å². The lowest BCUT2D eigenvalue weighted by molar-refractivity contribution is 0.236. The van der Waals surface area contributed by atoms with Crippen LogP contribution in [0, 0.1) is 0 Å². The highest BCUT2D eigenvalue weighted by Gasteiger charge is 2.51. The number of rotatable bonds is 13. The van der Waals surface area contributed by atoms with Crippen molar-refractivity contribution >= 4 is 34.6 Å². The molecule has 1 atom stereocenters. The van der Waals surface area contributed by atoms with Crippen molar-refractivity contribution in [2.75, 3.05) is 5.33 Å². The number of allylic oxidation sites excluding steroid dienone is 4. The number of benzene rings is 2. The van der Waals surface area contributed by atoms with Gasteiger partial charge in [-0.05, 0) is 34.7 Å². The number of hydrogen-bond acceptors (Lipinski definition) is 1. The second-order valence-corrected chi connectivity index (χ2v) is 14.4. The molecular formula is C30H41BrOSi. The van der Waals surface area contributed by atoms with Crippen LogP contribution in [0.2, 0.25) is 5.04 Å². The summed E-state index contributed by atoms with van der Waals surface area (Å²) in [5, 5.41) is 3.47. The maximum absolute atomic E-state index is 7.34. The number of halogens is 1. The van der Waals surface area contributed by atoms with Crippen molar-refractivity contribution in [2.45, 2.75) is 70.9 Å². The fraction of sp³-hybridized carbons (Fsp3) is 0.400. The Hall–Kier alpha value is -1.68. The van der Waals surface area contributed by atoms with Gasteiger partial charge in [0.2, 0.25) is 0 Å². The van der Waals surface area contributed by atoms with Crippen molar-refractivity contribution in [2.24, 2.45) is 0 Å². The Morgan fingerprint density at radius 3 is 1.97 bits per heavy atom. The van der Waals surface area contributed by atoms with Crippen LogP contribution in [0.5, 0.6) is 0 Å². The first-order valence-corrected chi connectivity index (χ1v) is 15.3. The second-order valence-electron chi connectivity index (χ2n) is 9.49. The molecule has 0 heterocycles. The zero-order valence-corrected chi connectivity index (χ0v) is 23.4. The maximum Gasteiger partial charge on any atom is 0.261 e. The van der Waals surface area contributed by atoms with E-state index in [0.29, 0.717) is 0 Å². The Kier molecular flexibility index (Phi) is 12.2. The summed E-state index contributed by atoms with van der Waals surface area (Å²) in [7, 11) is -2.58. The van der Waals surface area contributed by atoms with Crippen molar-refractivity contribution in [3.8, 4) is 0 Å². The van der Waals surface area contributed by atoms with E-state index in [-0.39, 0.29) is 11.1 Å². The Morgan fingerprint density at radius 1 is 0.848 bits per heavy atom. The zero-order chi connectivity index (χ0) is 24.0. The van der Waals surface area contributed by atoms with Crippen LogP contribution in [-0.4, -0.2) is 19.8 Å². The molecular weight excluding hydrogens is 484 g/mol. The van der Waals surface area contributed by atoms with Crippen molar-refractivity contribution < 1.29 is 4.43 Å². The van der Waals surface area contributed by atoms with Gasteiger partial charge in [-0.25, -0.2) is 0 Å². The average molecular weight is 526 g/mol. The van der Waals surface area contributed by atoms with Gasteiger partial charge in [-0.3, -0.25) is 0 Å². The normalized spacial score (nSPS) is 14.0. The first-order chi connectivity index (χ1) is 16.0. The smallest absolute Gasteiger partial charge is 0.261 e. The van der Waals surface area contributed by atoms with Gasteiger partial charge in [-0.15, -0.1) is 0 Å². The molecule has 0 fully saturated rings. The molecule has 0 saturated carbocycles. The topological polar surface area (TPSA) is 9.23 Å². The standard InChI is InChI=1S/C30H41BrOSi/c1-5-6-7-8-9-13-20-27(21-14-12-19-26-31)32-33(30(2,3)4,28-22-15-10-16-23-28)29-24-17-11-18-25-29/h9-19,21-25,27H,5-8,20,26H2,1-4H3/b13-9-,19-12-,21-14+. The van der Waals surface area contributed by atoms with Crippen molar-refractivity contribution in [3.05, 3.63) is 97.1 Å². The number of unbranched alkanes of at least 4 members (excludes halogenated alkanes) is 3. The molecule has 2 aromatic rings. The fourth-order valence-electron chi connectivity index (χ4n) is 4.26. The molecule has 0 amide bonds. The van der Waals surface area contributed by atoms with Gasteiger partial charge in [-0.1, -0.05) is 154 Å². The molecule has 2 aromatic carbocycles. The molecule has 0 aliphatic heterocycles. The van der Waals surface area contributed by atoms with Gasteiger partial charge in [0.1, 0.15) is 0 Å². The molecule has 0 aliphatic carbocycles. The van der Waals surface area contributed by atoms with E-state index in [4.69, 9.17) is 4.43 Å². The summed E-state index contributed by atoms with van der Waals surface area (Å²) in [4.78, 5) is 0. The Labute approximate surface area is 211 Å². The maximum atomic E-state index is 7.34. The fourth-order valence-corrected chi connectivity index (χ4v) is 9.12. The molecule has 0 bridgehead atoms. The van der Waals surface area contributed by atoms with E-state index in [9.17, 15) is 0 Å². The van der Waals surface area contributed by atoms with Crippen LogP contribution >= 0.6 is 15.9 Å². The number of alkyl halides is 1. The summed E-state index contributed by atoms with van der Waals surface area (Å²) in [5.74, 6) is 0. The SMILES string of the molecule is CCCCC/C=C\CC(/C=C/C=C\CBr)O[Si](c1ccccc1)(c1ccccc1)C(C)(C)C. The van der Waals surface area contributed by atoms with Crippen LogP contribution in [0.4, 0.5) is 0 Å². The van der Waals surface area contributed by atoms with Gasteiger partial charge in [-0.2, -0.15) is 0 Å². The average Bonchev–Trinajstić information content (AvgIpc) is 2.82. The summed E-state index contributed by atoms with van der Waals surface area (Å²) in [6, 6.07) is 21.8. The molecule has 33 heavy (non-hydrogen) atoms. The summed E-state index contributed by atoms with van der Waals surface area (Å²) < 4.78 is 7.34. The summed E-state index contributed by atoms with van der Waals surface area (Å²) in [6.45, 7) is 9.27. The lowest BCUT2D eigenvalue weighted by Crippen LogP contribution is -2.67. The molecule has 0 radical (unpaired) electrons. The predicted molar refractivity (Wildman–Crippen MR) is 152 cm³/mol. The molecule has 2 rings (SSSR count). The van der Waals surface area contributed by atoms with E-state index in [1.165, 1.54) is 29.6 Å². The molecule has 0 N–H and O–H groups in total. The van der Waals surface area contributed by atoms with Gasteiger partial charge >= 0.3 is 0 Å². The van der Waals surface area contributed by atoms with Gasteiger partial charge in [0.25, 0.3) is 8.32 Å². The van der Waals surface area contributed by atoms with E-state index < -0.39 is 8.32 Å². The predicted octanol–water partition coefficient (Wildman–Crippen LogP) is 7.97. The summed E-state index contributed by atoms with van der Waals surface area (Å²) in [5.41, 5.74) is 0. The molecule has 0 spiro atoms. The molecule has 1 unspecified atom stereocenters. The van der Waals surface area contributed by atoms with E-state index in [1.807, 2.05) is 0 Å². The molecule has 3 heteroatoms. The number of hydrogen-bond donors (Lipinski definition) is 0. The molecule has 0 aromatic heterocycles. The Morgan fingerprint density at radius 2 is 1.45 bits per heavy atom. The highest BCUT2D eigenvalue weighted by Crippen LogP contribution is 2.38. The van der Waals surface area contributed by atoms with Crippen molar-refractivity contribution in [3.63, 3.8) is 0 Å². The van der Waals surface area contributed by atoms with Crippen LogP contribution in [0.25, 0.3) is 0 Å². The summed E-state index contributed by atoms with van der Waals surface area (Å²) >= 11 is 3.47. The van der Waals surface area contributed by atoms with E-state index >= 15 is 0 Å². The first-order valence-electron chi connectivity index (χ1n) is 12.3. The van der Waals surface area contributed by atoms with Gasteiger partial charge < -0.3 is 4.43 Å². The minimum Gasteiger partial charge on any atom is -0.401 e. The van der Waals surface area contributed by atoms with Crippen LogP contribution < -0.4 is 10.4 Å². The molecule has 0 aliphatic rings. The minimum atomic E-state index is -2.58. The molecule has 178 valence electrons. The lowest BCUT2D eigenvalue weighted by atomic mass is 10.1. The van der Waals surface area contributed by atoms with Crippen LogP contribution in [-0.2, 0) is 4.43 Å². The Balaban J connectivity index is 2.47. The van der Waals surface area contributed by atoms with Crippen LogP contribution in [0.1, 0.15) is 59.8 Å². The minimum absolute atomic E-state index is 0.0127. The highest BCUT2D eigenvalue weighted by molar-refractivity contribution is 9.09. The Bertz CT molecular complexity index is 826. The van der Waals surface area contributed by atoms with E-state index in [0.717, 1.165) is 18.2 Å². The lowest BCUT2D eigenvalue weighted by Gasteiger charge is -2.44. The quantitative estimate of drug-likeness (QED) is 0.0847.